The average Bonchev–Trinajstić information content (AvgIpc) is 3.94. The number of fused-ring (bicyclic) bond motifs is 6. The Morgan fingerprint density at radius 2 is 1.38 bits per heavy atom. The van der Waals surface area contributed by atoms with Gasteiger partial charge in [0, 0.05) is 46.6 Å². The quantitative estimate of drug-likeness (QED) is 0.149. The molecule has 12 rings (SSSR count). The summed E-state index contributed by atoms with van der Waals surface area (Å²) in [4.78, 5) is 11.6. The van der Waals surface area contributed by atoms with E-state index in [1.54, 1.807) is 0 Å². The summed E-state index contributed by atoms with van der Waals surface area (Å²) in [5.41, 5.74) is 11.7. The lowest BCUT2D eigenvalue weighted by Crippen LogP contribution is -2.44. The fourth-order valence-electron chi connectivity index (χ4n) is 10.9. The molecule has 0 amide bonds. The molecule has 5 heterocycles. The highest BCUT2D eigenvalue weighted by Gasteiger charge is 2.39. The third-order valence-corrected chi connectivity index (χ3v) is 14.8. The van der Waals surface area contributed by atoms with Gasteiger partial charge in [0.25, 0.3) is 0 Å². The summed E-state index contributed by atoms with van der Waals surface area (Å²) in [6, 6.07) is 40.6. The summed E-state index contributed by atoms with van der Waals surface area (Å²) in [7, 11) is 0. The first-order chi connectivity index (χ1) is 35.4. The van der Waals surface area contributed by atoms with Gasteiger partial charge in [0.2, 0.25) is 0 Å². The maximum Gasteiger partial charge on any atom is 0.314 e. The fraction of sp³-hybridized carbons (Fsp3) is 0.210. The zero-order chi connectivity index (χ0) is 51.6. The van der Waals surface area contributed by atoms with E-state index in [4.69, 9.17) is 13.8 Å². The van der Waals surface area contributed by atoms with Crippen molar-refractivity contribution < 1.29 is 11.6 Å². The molecule has 0 spiro atoms. The first kappa shape index (κ1) is 37.5. The Morgan fingerprint density at radius 1 is 0.652 bits per heavy atom. The van der Waals surface area contributed by atoms with Gasteiger partial charge in [-0.1, -0.05) is 157 Å². The lowest BCUT2D eigenvalue weighted by molar-refractivity contribution is 0.332. The summed E-state index contributed by atoms with van der Waals surface area (Å²) in [6.45, 7) is 16.2. The van der Waals surface area contributed by atoms with Crippen LogP contribution in [-0.4, -0.2) is 27.9 Å². The Hall–Kier alpha value is -7.51. The lowest BCUT2D eigenvalue weighted by atomic mass is 9.56. The monoisotopic (exact) mass is 905 g/mol. The largest absolute Gasteiger partial charge is 0.457 e. The highest BCUT2D eigenvalue weighted by atomic mass is 16.5. The van der Waals surface area contributed by atoms with Crippen LogP contribution in [0, 0.1) is 0 Å². The minimum atomic E-state index is -0.421. The number of aromatic nitrogens is 2. The van der Waals surface area contributed by atoms with Gasteiger partial charge in [0.05, 0.1) is 29.3 Å². The summed E-state index contributed by atoms with van der Waals surface area (Å²) in [5.74, 6) is 7.16. The molecule has 340 valence electrons. The molecule has 3 aliphatic heterocycles. The second kappa shape index (κ2) is 16.1. The molecule has 0 saturated carbocycles. The van der Waals surface area contributed by atoms with Crippen LogP contribution in [0.3, 0.4) is 0 Å². The van der Waals surface area contributed by atoms with Gasteiger partial charge in [-0.05, 0) is 117 Å². The molecule has 0 unspecified atom stereocenters. The van der Waals surface area contributed by atoms with E-state index in [2.05, 4.69) is 183 Å². The van der Waals surface area contributed by atoms with Crippen molar-refractivity contribution in [2.45, 2.75) is 77.6 Å². The van der Waals surface area contributed by atoms with E-state index in [9.17, 15) is 2.74 Å². The first-order valence-electron chi connectivity index (χ1n) is 26.6. The van der Waals surface area contributed by atoms with E-state index >= 15 is 0 Å². The van der Waals surface area contributed by atoms with Crippen molar-refractivity contribution in [2.24, 2.45) is 0 Å². The number of hydrogen-bond donors (Lipinski definition) is 0. The van der Waals surface area contributed by atoms with Crippen molar-refractivity contribution in [2.75, 3.05) is 16.5 Å². The van der Waals surface area contributed by atoms with Gasteiger partial charge in [-0.3, -0.25) is 4.57 Å². The molecule has 0 radical (unpaired) electrons. The molecule has 8 aromatic rings. The molecular formula is C62H58BN5O. The molecule has 6 nitrogen and oxygen atoms in total. The molecule has 2 aromatic heterocycles. The van der Waals surface area contributed by atoms with Crippen LogP contribution in [0.2, 0.25) is 0 Å². The minimum absolute atomic E-state index is 0.0201. The molecule has 0 fully saturated rings. The number of nitrogens with zero attached hydrogens (tertiary/aromatic N) is 5. The minimum Gasteiger partial charge on any atom is -0.457 e. The number of ether oxygens (including phenoxy) is 1. The molecule has 7 heteroatoms. The Kier molecular flexibility index (Phi) is 8.72. The lowest BCUT2D eigenvalue weighted by Gasteiger charge is -2.42. The molecule has 0 saturated heterocycles. The molecule has 69 heavy (non-hydrogen) atoms. The first-order valence-corrected chi connectivity index (χ1v) is 24.1. The SMILES string of the molecule is [2H]c1c([2H])c([2H])c(C2=C(N3CN(c4cccc(Oc5ccc6c7ccccc7n(-c7cc(C(C)(C)C)ccn7)c6c5)c4)c4ccccc43)N3C=C(c4ccc5c(c4)C(C)(C)CCC5(C)C)C=CB3C=C2)c([2H])c1[2H]. The van der Waals surface area contributed by atoms with E-state index in [0.717, 1.165) is 68.7 Å². The Bertz CT molecular complexity index is 3760. The van der Waals surface area contributed by atoms with Crippen molar-refractivity contribution in [3.63, 3.8) is 0 Å². The van der Waals surface area contributed by atoms with Crippen LogP contribution in [0.4, 0.5) is 17.1 Å². The van der Waals surface area contributed by atoms with E-state index in [1.807, 2.05) is 42.6 Å². The molecule has 4 aliphatic rings. The number of anilines is 3. The van der Waals surface area contributed by atoms with Crippen LogP contribution in [0.1, 0.15) is 96.0 Å². The number of para-hydroxylation sites is 3. The normalized spacial score (nSPS) is 18.1. The van der Waals surface area contributed by atoms with Crippen molar-refractivity contribution in [1.82, 2.24) is 14.4 Å². The van der Waals surface area contributed by atoms with Gasteiger partial charge in [-0.2, -0.15) is 0 Å². The molecule has 0 atom stereocenters. The molecule has 6 aromatic carbocycles. The maximum atomic E-state index is 9.25. The molecular weight excluding hydrogens is 842 g/mol. The van der Waals surface area contributed by atoms with E-state index < -0.39 is 6.04 Å². The number of hydrogen-bond acceptors (Lipinski definition) is 5. The third-order valence-electron chi connectivity index (χ3n) is 14.8. The van der Waals surface area contributed by atoms with Crippen LogP contribution in [0.25, 0.3) is 38.8 Å². The zero-order valence-corrected chi connectivity index (χ0v) is 40.4. The summed E-state index contributed by atoms with van der Waals surface area (Å²) in [6.07, 6.45) is 10.4. The standard InChI is InChI=1S/C62H58BN5O/c1-60(2,3)45-30-35-64-58(37-45)68-54-21-12-11-20-50(54)51-26-25-48(39-57(51)68)69-47-19-15-18-46(38-47)65-41-66(56-23-14-13-22-55(56)65)59-49(42-16-9-8-10-17-42)29-34-63-33-28-44(40-67(59)63)43-24-27-52-53(36-43)62(6,7)32-31-61(52,4)5/h8-30,33-40H,31-32,41H2,1-7H3/i8D,9D,10D,16D,17D. The van der Waals surface area contributed by atoms with Crippen molar-refractivity contribution >= 4 is 56.9 Å². The van der Waals surface area contributed by atoms with Crippen molar-refractivity contribution in [1.29, 1.82) is 0 Å². The van der Waals surface area contributed by atoms with E-state index in [0.29, 0.717) is 29.6 Å². The summed E-state index contributed by atoms with van der Waals surface area (Å²) < 4.78 is 53.6. The van der Waals surface area contributed by atoms with Crippen molar-refractivity contribution in [3.05, 3.63) is 222 Å². The van der Waals surface area contributed by atoms with E-state index in [1.165, 1.54) is 16.7 Å². The van der Waals surface area contributed by atoms with Gasteiger partial charge < -0.3 is 19.3 Å². The van der Waals surface area contributed by atoms with Gasteiger partial charge in [-0.25, -0.2) is 4.98 Å². The van der Waals surface area contributed by atoms with Crippen LogP contribution >= 0.6 is 0 Å². The molecule has 0 bridgehead atoms. The van der Waals surface area contributed by atoms with Crippen LogP contribution in [0.5, 0.6) is 11.5 Å². The van der Waals surface area contributed by atoms with Gasteiger partial charge in [0.1, 0.15) is 29.8 Å². The number of rotatable bonds is 7. The van der Waals surface area contributed by atoms with Gasteiger partial charge in [0.15, 0.2) is 0 Å². The smallest absolute Gasteiger partial charge is 0.314 e. The predicted molar refractivity (Wildman–Crippen MR) is 289 cm³/mol. The predicted octanol–water partition coefficient (Wildman–Crippen LogP) is 15.5. The topological polar surface area (TPSA) is 36.8 Å². The Morgan fingerprint density at radius 3 is 2.19 bits per heavy atom. The van der Waals surface area contributed by atoms with Gasteiger partial charge in [-0.15, -0.1) is 0 Å². The third kappa shape index (κ3) is 7.38. The van der Waals surface area contributed by atoms with Crippen molar-refractivity contribution in [3.8, 4) is 17.3 Å². The maximum absolute atomic E-state index is 9.25. The molecule has 0 N–H and O–H groups in total. The van der Waals surface area contributed by atoms with Crippen LogP contribution in [0.15, 0.2) is 194 Å². The Balaban J connectivity index is 0.949. The number of allylic oxidation sites excluding steroid dienone is 4. The van der Waals surface area contributed by atoms with Crippen LogP contribution < -0.4 is 14.5 Å². The average molecular weight is 905 g/mol. The van der Waals surface area contributed by atoms with Gasteiger partial charge >= 0.3 is 6.85 Å². The summed E-state index contributed by atoms with van der Waals surface area (Å²) >= 11 is 0. The second-order valence-corrected chi connectivity index (χ2v) is 21.2. The second-order valence-electron chi connectivity index (χ2n) is 21.2. The summed E-state index contributed by atoms with van der Waals surface area (Å²) in [5, 5.41) is 2.25. The van der Waals surface area contributed by atoms with E-state index in [-0.39, 0.29) is 52.8 Å². The Labute approximate surface area is 414 Å². The number of pyridine rings is 1. The highest BCUT2D eigenvalue weighted by Crippen LogP contribution is 2.49. The number of benzene rings is 6. The zero-order valence-electron chi connectivity index (χ0n) is 45.4. The highest BCUT2D eigenvalue weighted by molar-refractivity contribution is 6.68. The molecule has 1 aliphatic carbocycles. The van der Waals surface area contributed by atoms with Crippen LogP contribution in [-0.2, 0) is 16.2 Å². The fourth-order valence-corrected chi connectivity index (χ4v) is 10.9.